The van der Waals surface area contributed by atoms with Gasteiger partial charge < -0.3 is 0 Å². The Morgan fingerprint density at radius 1 is 1.34 bits per heavy atom. The molecule has 0 saturated heterocycles. The van der Waals surface area contributed by atoms with Gasteiger partial charge in [0.2, 0.25) is 0 Å². The molecule has 0 aliphatic heterocycles. The molecule has 0 spiro atoms. The molecule has 0 radical (unpaired) electrons. The number of rotatable bonds is 7. The summed E-state index contributed by atoms with van der Waals surface area (Å²) in [5, 5.41) is 10.4. The number of aromatic nitrogens is 2. The van der Waals surface area contributed by atoms with Gasteiger partial charge in [0.15, 0.2) is 5.16 Å². The van der Waals surface area contributed by atoms with Crippen LogP contribution in [-0.4, -0.2) is 15.3 Å². The van der Waals surface area contributed by atoms with E-state index in [1.165, 1.54) is 16.0 Å². The van der Waals surface area contributed by atoms with Gasteiger partial charge in [-0.15, -0.1) is 11.3 Å². The van der Waals surface area contributed by atoms with Crippen molar-refractivity contribution in [1.29, 1.82) is 5.26 Å². The molecule has 6 heteroatoms. The van der Waals surface area contributed by atoms with Gasteiger partial charge in [-0.2, -0.15) is 5.26 Å². The molecule has 4 rings (SSSR count). The molecule has 4 nitrogen and oxygen atoms in total. The van der Waals surface area contributed by atoms with Crippen molar-refractivity contribution in [3.8, 4) is 6.07 Å². The van der Waals surface area contributed by atoms with Crippen LogP contribution < -0.4 is 5.56 Å². The van der Waals surface area contributed by atoms with Crippen molar-refractivity contribution in [2.24, 2.45) is 5.92 Å². The van der Waals surface area contributed by atoms with E-state index in [1.807, 2.05) is 22.8 Å². The third kappa shape index (κ3) is 4.41. The normalized spacial score (nSPS) is 15.9. The number of hydrogen-bond acceptors (Lipinski definition) is 5. The lowest BCUT2D eigenvalue weighted by Gasteiger charge is -2.17. The Balaban J connectivity index is 1.71. The molecular formula is C23H25N3OS2. The first-order chi connectivity index (χ1) is 14.2. The number of nitriles is 1. The van der Waals surface area contributed by atoms with Crippen LogP contribution in [0.4, 0.5) is 0 Å². The Hall–Kier alpha value is -2.10. The molecule has 2 aromatic heterocycles. The molecule has 2 heterocycles. The highest BCUT2D eigenvalue weighted by molar-refractivity contribution is 7.99. The van der Waals surface area contributed by atoms with Gasteiger partial charge in [0, 0.05) is 23.6 Å². The monoisotopic (exact) mass is 423 g/mol. The summed E-state index contributed by atoms with van der Waals surface area (Å²) in [6, 6.07) is 12.5. The highest BCUT2D eigenvalue weighted by Gasteiger charge is 2.24. The second-order valence-electron chi connectivity index (χ2n) is 7.73. The average Bonchev–Trinajstić information content (AvgIpc) is 3.09. The predicted octanol–water partition coefficient (Wildman–Crippen LogP) is 5.22. The molecule has 29 heavy (non-hydrogen) atoms. The molecule has 0 unspecified atom stereocenters. The van der Waals surface area contributed by atoms with Crippen molar-refractivity contribution < 1.29 is 0 Å². The average molecular weight is 424 g/mol. The van der Waals surface area contributed by atoms with Crippen LogP contribution in [0.2, 0.25) is 0 Å². The minimum Gasteiger partial charge on any atom is -0.287 e. The van der Waals surface area contributed by atoms with Crippen LogP contribution in [-0.2, 0) is 25.8 Å². The van der Waals surface area contributed by atoms with Gasteiger partial charge >= 0.3 is 0 Å². The van der Waals surface area contributed by atoms with E-state index in [-0.39, 0.29) is 5.56 Å². The lowest BCUT2D eigenvalue weighted by atomic mass is 9.89. The van der Waals surface area contributed by atoms with Crippen LogP contribution >= 0.6 is 23.1 Å². The second kappa shape index (κ2) is 9.15. The molecule has 150 valence electrons. The van der Waals surface area contributed by atoms with Crippen LogP contribution in [0, 0.1) is 17.2 Å². The summed E-state index contributed by atoms with van der Waals surface area (Å²) in [5.74, 6) is 1.48. The molecule has 1 aliphatic carbocycles. The van der Waals surface area contributed by atoms with E-state index in [4.69, 9.17) is 10.2 Å². The maximum atomic E-state index is 13.5. The van der Waals surface area contributed by atoms with Gasteiger partial charge in [0.25, 0.3) is 5.56 Å². The summed E-state index contributed by atoms with van der Waals surface area (Å²) in [5.41, 5.74) is 2.58. The van der Waals surface area contributed by atoms with Gasteiger partial charge in [-0.3, -0.25) is 9.36 Å². The van der Waals surface area contributed by atoms with Crippen LogP contribution in [0.1, 0.15) is 42.2 Å². The predicted molar refractivity (Wildman–Crippen MR) is 121 cm³/mol. The molecule has 1 atom stereocenters. The lowest BCUT2D eigenvalue weighted by molar-refractivity contribution is 0.508. The Bertz CT molecular complexity index is 1100. The third-order valence-electron chi connectivity index (χ3n) is 5.51. The van der Waals surface area contributed by atoms with E-state index >= 15 is 0 Å². The first-order valence-corrected chi connectivity index (χ1v) is 12.1. The summed E-state index contributed by atoms with van der Waals surface area (Å²) < 4.78 is 1.87. The van der Waals surface area contributed by atoms with Gasteiger partial charge in [-0.25, -0.2) is 4.98 Å². The molecule has 0 saturated carbocycles. The lowest BCUT2D eigenvalue weighted by Crippen LogP contribution is -2.25. The number of thioether (sulfide) groups is 1. The van der Waals surface area contributed by atoms with Gasteiger partial charge in [0.05, 0.1) is 11.5 Å². The molecule has 0 N–H and O–H groups in total. The largest absolute Gasteiger partial charge is 0.287 e. The standard InChI is InChI=1S/C23H25N3OS2/c1-16-9-10-18-19(15-16)29-21-20(18)22(27)26(13-11-17-7-3-2-4-8-17)23(25-21)28-14-6-5-12-24/h2-4,7-8,16H,5-6,9-11,13-15H2,1H3/t16-/m1/s1. The van der Waals surface area contributed by atoms with Gasteiger partial charge in [-0.05, 0) is 49.1 Å². The van der Waals surface area contributed by atoms with Gasteiger partial charge in [0.1, 0.15) is 4.83 Å². The minimum absolute atomic E-state index is 0.112. The van der Waals surface area contributed by atoms with Crippen molar-refractivity contribution in [1.82, 2.24) is 9.55 Å². The fraction of sp³-hybridized carbons (Fsp3) is 0.435. The molecule has 0 fully saturated rings. The molecular weight excluding hydrogens is 398 g/mol. The Labute approximate surface area is 179 Å². The number of unbranched alkanes of at least 4 members (excludes halogenated alkanes) is 1. The molecule has 1 aromatic carbocycles. The fourth-order valence-corrected chi connectivity index (χ4v) is 6.30. The van der Waals surface area contributed by atoms with Crippen LogP contribution in [0.5, 0.6) is 0 Å². The smallest absolute Gasteiger partial charge is 0.263 e. The van der Waals surface area contributed by atoms with E-state index < -0.39 is 0 Å². The van der Waals surface area contributed by atoms with Crippen LogP contribution in [0.15, 0.2) is 40.3 Å². The van der Waals surface area contributed by atoms with E-state index in [1.54, 1.807) is 23.1 Å². The van der Waals surface area contributed by atoms with Crippen LogP contribution in [0.3, 0.4) is 0 Å². The number of benzene rings is 1. The zero-order valence-electron chi connectivity index (χ0n) is 16.7. The summed E-state index contributed by atoms with van der Waals surface area (Å²) in [7, 11) is 0. The number of fused-ring (bicyclic) bond motifs is 3. The van der Waals surface area contributed by atoms with E-state index in [2.05, 4.69) is 25.1 Å². The summed E-state index contributed by atoms with van der Waals surface area (Å²) in [4.78, 5) is 20.7. The number of hydrogen-bond donors (Lipinski definition) is 0. The molecule has 3 aromatic rings. The highest BCUT2D eigenvalue weighted by atomic mass is 32.2. The van der Waals surface area contributed by atoms with E-state index in [9.17, 15) is 4.79 Å². The van der Waals surface area contributed by atoms with E-state index in [0.717, 1.165) is 53.2 Å². The topological polar surface area (TPSA) is 58.7 Å². The van der Waals surface area contributed by atoms with Gasteiger partial charge in [-0.1, -0.05) is 49.0 Å². The Morgan fingerprint density at radius 2 is 2.17 bits per heavy atom. The first-order valence-electron chi connectivity index (χ1n) is 10.3. The highest BCUT2D eigenvalue weighted by Crippen LogP contribution is 2.36. The fourth-order valence-electron chi connectivity index (χ4n) is 3.91. The molecule has 0 bridgehead atoms. The van der Waals surface area contributed by atoms with Crippen molar-refractivity contribution in [3.63, 3.8) is 0 Å². The maximum Gasteiger partial charge on any atom is 0.263 e. The zero-order chi connectivity index (χ0) is 20.2. The molecule has 1 aliphatic rings. The third-order valence-corrected chi connectivity index (χ3v) is 7.72. The number of nitrogens with zero attached hydrogens (tertiary/aromatic N) is 3. The Morgan fingerprint density at radius 3 is 2.97 bits per heavy atom. The van der Waals surface area contributed by atoms with Crippen molar-refractivity contribution in [2.75, 3.05) is 5.75 Å². The summed E-state index contributed by atoms with van der Waals surface area (Å²) in [6.45, 7) is 2.92. The van der Waals surface area contributed by atoms with E-state index in [0.29, 0.717) is 18.9 Å². The number of thiophene rings is 1. The quantitative estimate of drug-likeness (QED) is 0.297. The minimum atomic E-state index is 0.112. The Kier molecular flexibility index (Phi) is 6.37. The maximum absolute atomic E-state index is 13.5. The SMILES string of the molecule is C[C@@H]1CCc2c(sc3nc(SCCCC#N)n(CCc4ccccc4)c(=O)c23)C1. The van der Waals surface area contributed by atoms with Crippen LogP contribution in [0.25, 0.3) is 10.2 Å². The van der Waals surface area contributed by atoms with Crippen molar-refractivity contribution in [3.05, 3.63) is 56.7 Å². The first kappa shape index (κ1) is 20.2. The van der Waals surface area contributed by atoms with Crippen molar-refractivity contribution in [2.45, 2.75) is 57.1 Å². The summed E-state index contributed by atoms with van der Waals surface area (Å²) in [6.07, 6.45) is 5.35. The molecule has 0 amide bonds. The summed E-state index contributed by atoms with van der Waals surface area (Å²) >= 11 is 3.31. The number of aryl methyl sites for hydroxylation is 2. The van der Waals surface area contributed by atoms with Crippen molar-refractivity contribution >= 4 is 33.3 Å². The second-order valence-corrected chi connectivity index (χ2v) is 9.87. The zero-order valence-corrected chi connectivity index (χ0v) is 18.3.